The highest BCUT2D eigenvalue weighted by atomic mass is 16.5. The molecule has 1 fully saturated rings. The van der Waals surface area contributed by atoms with Crippen LogP contribution in [0.5, 0.6) is 0 Å². The molecule has 150 valence electrons. The van der Waals surface area contributed by atoms with Crippen LogP contribution in [0.25, 0.3) is 0 Å². The number of nitrogens with one attached hydrogen (secondary N) is 1. The number of carbonyl (C=O) groups is 3. The van der Waals surface area contributed by atoms with E-state index in [-0.39, 0.29) is 30.7 Å². The summed E-state index contributed by atoms with van der Waals surface area (Å²) in [6.45, 7) is 3.52. The molecule has 28 heavy (non-hydrogen) atoms. The van der Waals surface area contributed by atoms with Crippen molar-refractivity contribution in [3.63, 3.8) is 0 Å². The molecular formula is C20H25N3O5. The molecule has 1 aromatic carbocycles. The van der Waals surface area contributed by atoms with E-state index in [1.807, 2.05) is 31.2 Å². The maximum atomic E-state index is 12.2. The maximum Gasteiger partial charge on any atom is 0.309 e. The van der Waals surface area contributed by atoms with E-state index in [0.29, 0.717) is 12.3 Å². The van der Waals surface area contributed by atoms with Crippen LogP contribution in [-0.2, 0) is 19.1 Å². The molecule has 2 heterocycles. The Morgan fingerprint density at radius 3 is 2.50 bits per heavy atom. The van der Waals surface area contributed by atoms with E-state index in [2.05, 4.69) is 10.2 Å². The Balaban J connectivity index is 1.56. The fourth-order valence-electron chi connectivity index (χ4n) is 3.45. The SMILES string of the molecule is CCOC(=O)C1CCN(c2ccc(NC3=CC(=O)N(CCO)C3=O)cc2)CC1. The van der Waals surface area contributed by atoms with E-state index in [9.17, 15) is 14.4 Å². The molecule has 2 aliphatic heterocycles. The van der Waals surface area contributed by atoms with Crippen LogP contribution in [0, 0.1) is 5.92 Å². The summed E-state index contributed by atoms with van der Waals surface area (Å²) < 4.78 is 5.10. The number of imide groups is 1. The first-order chi connectivity index (χ1) is 13.5. The van der Waals surface area contributed by atoms with Crippen LogP contribution in [0.15, 0.2) is 36.0 Å². The van der Waals surface area contributed by atoms with Gasteiger partial charge in [-0.25, -0.2) is 0 Å². The summed E-state index contributed by atoms with van der Waals surface area (Å²) >= 11 is 0. The molecule has 0 unspecified atom stereocenters. The summed E-state index contributed by atoms with van der Waals surface area (Å²) in [6, 6.07) is 7.58. The van der Waals surface area contributed by atoms with Gasteiger partial charge in [0.1, 0.15) is 5.70 Å². The van der Waals surface area contributed by atoms with Gasteiger partial charge in [-0.15, -0.1) is 0 Å². The van der Waals surface area contributed by atoms with Crippen molar-refractivity contribution in [2.45, 2.75) is 19.8 Å². The number of anilines is 2. The molecule has 8 nitrogen and oxygen atoms in total. The number of piperidine rings is 1. The quantitative estimate of drug-likeness (QED) is 0.534. The van der Waals surface area contributed by atoms with Gasteiger partial charge in [-0.05, 0) is 44.0 Å². The summed E-state index contributed by atoms with van der Waals surface area (Å²) in [5, 5.41) is 11.9. The average molecular weight is 387 g/mol. The molecule has 2 N–H and O–H groups in total. The van der Waals surface area contributed by atoms with E-state index < -0.39 is 11.8 Å². The van der Waals surface area contributed by atoms with Crippen molar-refractivity contribution >= 4 is 29.2 Å². The molecule has 0 saturated carbocycles. The van der Waals surface area contributed by atoms with Gasteiger partial charge in [0.2, 0.25) is 0 Å². The Labute approximate surface area is 163 Å². The molecule has 0 aliphatic carbocycles. The summed E-state index contributed by atoms with van der Waals surface area (Å²) in [7, 11) is 0. The van der Waals surface area contributed by atoms with Crippen molar-refractivity contribution in [1.29, 1.82) is 0 Å². The summed E-state index contributed by atoms with van der Waals surface area (Å²) in [5.41, 5.74) is 1.93. The number of ether oxygens (including phenoxy) is 1. The molecule has 1 saturated heterocycles. The standard InChI is InChI=1S/C20H25N3O5/c1-2-28-20(27)14-7-9-22(10-8-14)16-5-3-15(4-6-16)21-17-13-18(25)23(11-12-24)19(17)26/h3-6,13-14,21,24H,2,7-12H2,1H3. The maximum absolute atomic E-state index is 12.2. The number of carbonyl (C=O) groups excluding carboxylic acids is 3. The van der Waals surface area contributed by atoms with Gasteiger partial charge in [-0.3, -0.25) is 19.3 Å². The number of esters is 1. The van der Waals surface area contributed by atoms with E-state index in [4.69, 9.17) is 9.84 Å². The first-order valence-corrected chi connectivity index (χ1v) is 9.50. The molecule has 0 bridgehead atoms. The number of benzene rings is 1. The lowest BCUT2D eigenvalue weighted by Gasteiger charge is -2.32. The van der Waals surface area contributed by atoms with E-state index in [1.54, 1.807) is 0 Å². The normalized spacial score (nSPS) is 17.7. The van der Waals surface area contributed by atoms with Crippen molar-refractivity contribution in [3.05, 3.63) is 36.0 Å². The van der Waals surface area contributed by atoms with Gasteiger partial charge in [-0.1, -0.05) is 0 Å². The molecule has 2 aliphatic rings. The van der Waals surface area contributed by atoms with Gasteiger partial charge in [-0.2, -0.15) is 0 Å². The van der Waals surface area contributed by atoms with Gasteiger partial charge >= 0.3 is 5.97 Å². The van der Waals surface area contributed by atoms with Gasteiger partial charge in [0.25, 0.3) is 11.8 Å². The Hall–Kier alpha value is -2.87. The second-order valence-electron chi connectivity index (χ2n) is 6.76. The highest BCUT2D eigenvalue weighted by Gasteiger charge is 2.30. The minimum absolute atomic E-state index is 0.0139. The first kappa shape index (κ1) is 19.9. The monoisotopic (exact) mass is 387 g/mol. The molecule has 0 aromatic heterocycles. The lowest BCUT2D eigenvalue weighted by molar-refractivity contribution is -0.148. The van der Waals surface area contributed by atoms with E-state index >= 15 is 0 Å². The van der Waals surface area contributed by atoms with Crippen LogP contribution in [0.3, 0.4) is 0 Å². The third-order valence-corrected chi connectivity index (χ3v) is 4.96. The Morgan fingerprint density at radius 1 is 1.21 bits per heavy atom. The average Bonchev–Trinajstić information content (AvgIpc) is 2.97. The number of hydrogen-bond acceptors (Lipinski definition) is 7. The summed E-state index contributed by atoms with van der Waals surface area (Å²) in [5.74, 6) is -1.01. The fraction of sp³-hybridized carbons (Fsp3) is 0.450. The zero-order valence-corrected chi connectivity index (χ0v) is 15.9. The predicted octanol–water partition coefficient (Wildman–Crippen LogP) is 1.12. The first-order valence-electron chi connectivity index (χ1n) is 9.50. The number of aliphatic hydroxyl groups excluding tert-OH is 1. The van der Waals surface area contributed by atoms with Crippen molar-refractivity contribution in [1.82, 2.24) is 4.90 Å². The number of amides is 2. The van der Waals surface area contributed by atoms with Crippen LogP contribution in [0.1, 0.15) is 19.8 Å². The molecule has 0 spiro atoms. The van der Waals surface area contributed by atoms with E-state index in [0.717, 1.165) is 36.5 Å². The highest BCUT2D eigenvalue weighted by molar-refractivity contribution is 6.17. The van der Waals surface area contributed by atoms with Gasteiger partial charge in [0, 0.05) is 30.5 Å². The van der Waals surface area contributed by atoms with Crippen molar-refractivity contribution in [2.75, 3.05) is 43.1 Å². The lowest BCUT2D eigenvalue weighted by Crippen LogP contribution is -2.36. The topological polar surface area (TPSA) is 99.2 Å². The van der Waals surface area contributed by atoms with Crippen molar-refractivity contribution < 1.29 is 24.2 Å². The van der Waals surface area contributed by atoms with Gasteiger partial charge in [0.05, 0.1) is 25.7 Å². The largest absolute Gasteiger partial charge is 0.466 e. The van der Waals surface area contributed by atoms with E-state index in [1.165, 1.54) is 6.08 Å². The highest BCUT2D eigenvalue weighted by Crippen LogP contribution is 2.26. The lowest BCUT2D eigenvalue weighted by atomic mass is 9.96. The molecule has 0 atom stereocenters. The second-order valence-corrected chi connectivity index (χ2v) is 6.76. The second kappa shape index (κ2) is 8.88. The Bertz CT molecular complexity index is 767. The zero-order valence-electron chi connectivity index (χ0n) is 15.9. The number of rotatable bonds is 7. The Kier molecular flexibility index (Phi) is 6.30. The minimum Gasteiger partial charge on any atom is -0.466 e. The third kappa shape index (κ3) is 4.33. The summed E-state index contributed by atoms with van der Waals surface area (Å²) in [6.07, 6.45) is 2.78. The third-order valence-electron chi connectivity index (χ3n) is 4.96. The number of nitrogens with zero attached hydrogens (tertiary/aromatic N) is 2. The van der Waals surface area contributed by atoms with Crippen LogP contribution < -0.4 is 10.2 Å². The molecule has 8 heteroatoms. The molecule has 3 rings (SSSR count). The number of β-amino-alcohol motifs (C(OH)–C–C–N with tert-alkyl or cyclic N) is 1. The number of hydrogen-bond donors (Lipinski definition) is 2. The van der Waals surface area contributed by atoms with Crippen LogP contribution in [0.2, 0.25) is 0 Å². The van der Waals surface area contributed by atoms with Crippen molar-refractivity contribution in [3.8, 4) is 0 Å². The predicted molar refractivity (Wildman–Crippen MR) is 104 cm³/mol. The smallest absolute Gasteiger partial charge is 0.309 e. The Morgan fingerprint density at radius 2 is 1.89 bits per heavy atom. The van der Waals surface area contributed by atoms with Crippen LogP contribution >= 0.6 is 0 Å². The van der Waals surface area contributed by atoms with Gasteiger partial charge in [0.15, 0.2) is 0 Å². The molecular weight excluding hydrogens is 362 g/mol. The van der Waals surface area contributed by atoms with Crippen molar-refractivity contribution in [2.24, 2.45) is 5.92 Å². The fourth-order valence-corrected chi connectivity index (χ4v) is 3.45. The zero-order chi connectivity index (χ0) is 20.1. The van der Waals surface area contributed by atoms with Crippen LogP contribution in [0.4, 0.5) is 11.4 Å². The van der Waals surface area contributed by atoms with Gasteiger partial charge < -0.3 is 20.1 Å². The van der Waals surface area contributed by atoms with Crippen LogP contribution in [-0.4, -0.2) is 60.6 Å². The summed E-state index contributed by atoms with van der Waals surface area (Å²) in [4.78, 5) is 39.0. The number of aliphatic hydroxyl groups is 1. The molecule has 1 aromatic rings. The molecule has 0 radical (unpaired) electrons. The molecule has 2 amide bonds. The minimum atomic E-state index is -0.441.